The van der Waals surface area contributed by atoms with Crippen LogP contribution in [0.15, 0.2) is 46.9 Å². The van der Waals surface area contributed by atoms with Gasteiger partial charge in [0.05, 0.1) is 23.4 Å². The molecule has 2 amide bonds. The number of hydrogen-bond acceptors (Lipinski definition) is 4. The van der Waals surface area contributed by atoms with E-state index in [1.165, 1.54) is 0 Å². The molecule has 0 aliphatic heterocycles. The van der Waals surface area contributed by atoms with E-state index in [1.807, 2.05) is 19.9 Å². The fourth-order valence-electron chi connectivity index (χ4n) is 3.03. The number of anilines is 1. The van der Waals surface area contributed by atoms with Gasteiger partial charge in [0.1, 0.15) is 5.75 Å². The molecule has 6 nitrogen and oxygen atoms in total. The molecule has 33 heavy (non-hydrogen) atoms. The smallest absolute Gasteiger partial charge is 0.261 e. The van der Waals surface area contributed by atoms with Gasteiger partial charge in [-0.25, -0.2) is 0 Å². The summed E-state index contributed by atoms with van der Waals surface area (Å²) in [6.45, 7) is 6.65. The Morgan fingerprint density at radius 3 is 2.52 bits per heavy atom. The first-order valence-electron chi connectivity index (χ1n) is 11.3. The number of nitrogens with one attached hydrogen (secondary N) is 3. The van der Waals surface area contributed by atoms with E-state index in [0.29, 0.717) is 29.2 Å². The summed E-state index contributed by atoms with van der Waals surface area (Å²) in [5.41, 5.74) is 1.35. The highest BCUT2D eigenvalue weighted by molar-refractivity contribution is 9.10. The number of carbonyl (C=O) groups is 2. The third-order valence-electron chi connectivity index (χ3n) is 5.08. The molecule has 0 fully saturated rings. The molecular formula is C25H32BrN3O3S. The minimum Gasteiger partial charge on any atom is -0.493 e. The van der Waals surface area contributed by atoms with Gasteiger partial charge in [-0.2, -0.15) is 0 Å². The van der Waals surface area contributed by atoms with Crippen molar-refractivity contribution in [2.75, 3.05) is 11.9 Å². The Kier molecular flexibility index (Phi) is 11.3. The van der Waals surface area contributed by atoms with Crippen molar-refractivity contribution in [3.63, 3.8) is 0 Å². The van der Waals surface area contributed by atoms with Gasteiger partial charge in [0.25, 0.3) is 11.8 Å². The maximum absolute atomic E-state index is 12.9. The van der Waals surface area contributed by atoms with Crippen LogP contribution < -0.4 is 20.7 Å². The molecule has 0 radical (unpaired) electrons. The lowest BCUT2D eigenvalue weighted by atomic mass is 10.1. The zero-order chi connectivity index (χ0) is 24.2. The molecule has 3 N–H and O–H groups in total. The zero-order valence-electron chi connectivity index (χ0n) is 19.4. The quantitative estimate of drug-likeness (QED) is 0.241. The Hall–Kier alpha value is -2.45. The lowest BCUT2D eigenvalue weighted by Gasteiger charge is -2.16. The van der Waals surface area contributed by atoms with Crippen LogP contribution in [0.5, 0.6) is 5.75 Å². The molecule has 8 heteroatoms. The lowest BCUT2D eigenvalue weighted by molar-refractivity contribution is 0.0938. The molecule has 0 saturated carbocycles. The van der Waals surface area contributed by atoms with Crippen molar-refractivity contribution in [2.24, 2.45) is 0 Å². The Morgan fingerprint density at radius 1 is 1.03 bits per heavy atom. The van der Waals surface area contributed by atoms with Gasteiger partial charge in [0.2, 0.25) is 0 Å². The second kappa shape index (κ2) is 14.0. The number of halogens is 1. The molecule has 2 aromatic rings. The van der Waals surface area contributed by atoms with Gasteiger partial charge in [-0.05, 0) is 62.3 Å². The molecule has 2 rings (SSSR count). The summed E-state index contributed by atoms with van der Waals surface area (Å²) in [7, 11) is 0. The average Bonchev–Trinajstić information content (AvgIpc) is 2.79. The molecule has 0 bridgehead atoms. The van der Waals surface area contributed by atoms with E-state index in [9.17, 15) is 9.59 Å². The van der Waals surface area contributed by atoms with Crippen LogP contribution in [-0.2, 0) is 0 Å². The van der Waals surface area contributed by atoms with E-state index in [-0.39, 0.29) is 23.0 Å². The van der Waals surface area contributed by atoms with Crippen molar-refractivity contribution in [1.29, 1.82) is 0 Å². The van der Waals surface area contributed by atoms with Crippen LogP contribution in [0.1, 0.15) is 73.6 Å². The van der Waals surface area contributed by atoms with Gasteiger partial charge >= 0.3 is 0 Å². The predicted octanol–water partition coefficient (Wildman–Crippen LogP) is 6.06. The van der Waals surface area contributed by atoms with Gasteiger partial charge in [0.15, 0.2) is 5.11 Å². The maximum Gasteiger partial charge on any atom is 0.261 e. The van der Waals surface area contributed by atoms with Crippen molar-refractivity contribution in [2.45, 2.75) is 58.9 Å². The van der Waals surface area contributed by atoms with Gasteiger partial charge in [-0.3, -0.25) is 14.9 Å². The molecule has 1 unspecified atom stereocenters. The Bertz CT molecular complexity index is 968. The van der Waals surface area contributed by atoms with E-state index in [1.54, 1.807) is 36.4 Å². The first-order chi connectivity index (χ1) is 15.8. The second-order valence-electron chi connectivity index (χ2n) is 7.79. The summed E-state index contributed by atoms with van der Waals surface area (Å²) in [5, 5.41) is 8.70. The molecule has 0 heterocycles. The fraction of sp³-hybridized carbons (Fsp3) is 0.400. The molecular weight excluding hydrogens is 502 g/mol. The van der Waals surface area contributed by atoms with Crippen LogP contribution in [0.4, 0.5) is 5.69 Å². The zero-order valence-corrected chi connectivity index (χ0v) is 21.8. The molecule has 0 aromatic heterocycles. The van der Waals surface area contributed by atoms with Gasteiger partial charge in [0, 0.05) is 10.5 Å². The number of rotatable bonds is 11. The maximum atomic E-state index is 12.9. The van der Waals surface area contributed by atoms with Crippen molar-refractivity contribution < 1.29 is 14.3 Å². The molecule has 0 saturated heterocycles. The molecule has 0 aliphatic carbocycles. The topological polar surface area (TPSA) is 79.5 Å². The van der Waals surface area contributed by atoms with Crippen molar-refractivity contribution in [3.8, 4) is 5.75 Å². The molecule has 1 atom stereocenters. The third-order valence-corrected chi connectivity index (χ3v) is 5.78. The summed E-state index contributed by atoms with van der Waals surface area (Å²) in [5.74, 6) is -0.0884. The summed E-state index contributed by atoms with van der Waals surface area (Å²) in [6.07, 6.45) is 5.16. The Balaban J connectivity index is 2.06. The standard InChI is InChI=1S/C25H32BrN3O3S/c1-4-6-7-10-15-32-22-14-13-18(26)16-20(22)24(31)29-25(33)28-21-12-9-8-11-19(21)23(30)27-17(3)5-2/h8-9,11-14,16-17H,4-7,10,15H2,1-3H3,(H,27,30)(H2,28,29,31,33). The van der Waals surface area contributed by atoms with Crippen LogP contribution in [0, 0.1) is 0 Å². The van der Waals surface area contributed by atoms with Crippen molar-refractivity contribution >= 4 is 50.8 Å². The molecule has 0 spiro atoms. The monoisotopic (exact) mass is 533 g/mol. The van der Waals surface area contributed by atoms with Crippen LogP contribution in [0.25, 0.3) is 0 Å². The van der Waals surface area contributed by atoms with E-state index in [0.717, 1.165) is 36.6 Å². The van der Waals surface area contributed by atoms with Gasteiger partial charge in [-0.1, -0.05) is 61.2 Å². The number of benzene rings is 2. The minimum absolute atomic E-state index is 0.0501. The van der Waals surface area contributed by atoms with Crippen LogP contribution in [0.3, 0.4) is 0 Å². The van der Waals surface area contributed by atoms with E-state index in [2.05, 4.69) is 38.8 Å². The molecule has 178 valence electrons. The van der Waals surface area contributed by atoms with E-state index >= 15 is 0 Å². The van der Waals surface area contributed by atoms with Gasteiger partial charge < -0.3 is 15.4 Å². The number of unbranched alkanes of at least 4 members (excludes halogenated alkanes) is 3. The van der Waals surface area contributed by atoms with Crippen molar-refractivity contribution in [1.82, 2.24) is 10.6 Å². The normalized spacial score (nSPS) is 11.4. The number of amides is 2. The van der Waals surface area contributed by atoms with E-state index in [4.69, 9.17) is 17.0 Å². The SMILES string of the molecule is CCCCCCOc1ccc(Br)cc1C(=O)NC(=S)Nc1ccccc1C(=O)NC(C)CC. The van der Waals surface area contributed by atoms with Gasteiger partial charge in [-0.15, -0.1) is 0 Å². The Morgan fingerprint density at radius 2 is 1.79 bits per heavy atom. The van der Waals surface area contributed by atoms with Crippen LogP contribution in [-0.4, -0.2) is 29.6 Å². The summed E-state index contributed by atoms with van der Waals surface area (Å²) >= 11 is 8.76. The summed E-state index contributed by atoms with van der Waals surface area (Å²) in [4.78, 5) is 25.5. The highest BCUT2D eigenvalue weighted by Gasteiger charge is 2.17. The van der Waals surface area contributed by atoms with Crippen LogP contribution >= 0.6 is 28.1 Å². The third kappa shape index (κ3) is 8.78. The summed E-state index contributed by atoms with van der Waals surface area (Å²) in [6, 6.07) is 12.4. The largest absolute Gasteiger partial charge is 0.493 e. The second-order valence-corrected chi connectivity index (χ2v) is 9.11. The average molecular weight is 535 g/mol. The Labute approximate surface area is 210 Å². The summed E-state index contributed by atoms with van der Waals surface area (Å²) < 4.78 is 6.62. The number of carbonyl (C=O) groups excluding carboxylic acids is 2. The predicted molar refractivity (Wildman–Crippen MR) is 141 cm³/mol. The highest BCUT2D eigenvalue weighted by Crippen LogP contribution is 2.24. The number of hydrogen-bond donors (Lipinski definition) is 3. The first-order valence-corrected chi connectivity index (χ1v) is 12.5. The lowest BCUT2D eigenvalue weighted by Crippen LogP contribution is -2.36. The fourth-order valence-corrected chi connectivity index (χ4v) is 3.60. The minimum atomic E-state index is -0.390. The van der Waals surface area contributed by atoms with Crippen LogP contribution in [0.2, 0.25) is 0 Å². The highest BCUT2D eigenvalue weighted by atomic mass is 79.9. The number of para-hydroxylation sites is 1. The number of thiocarbonyl (C=S) groups is 1. The van der Waals surface area contributed by atoms with Crippen molar-refractivity contribution in [3.05, 3.63) is 58.1 Å². The molecule has 2 aromatic carbocycles. The number of ether oxygens (including phenoxy) is 1. The van der Waals surface area contributed by atoms with E-state index < -0.39 is 0 Å². The molecule has 0 aliphatic rings. The first kappa shape index (κ1) is 26.8.